The highest BCUT2D eigenvalue weighted by atomic mass is 35.5. The van der Waals surface area contributed by atoms with Crippen LogP contribution in [0.1, 0.15) is 30.0 Å². The molecule has 1 heterocycles. The molecule has 0 aromatic heterocycles. The van der Waals surface area contributed by atoms with Crippen LogP contribution in [0.2, 0.25) is 5.02 Å². The lowest BCUT2D eigenvalue weighted by atomic mass is 9.97. The van der Waals surface area contributed by atoms with E-state index in [2.05, 4.69) is 5.32 Å². The van der Waals surface area contributed by atoms with E-state index in [-0.39, 0.29) is 17.0 Å². The molecular weight excluding hydrogens is 358 g/mol. The Kier molecular flexibility index (Phi) is 6.04. The predicted molar refractivity (Wildman–Crippen MR) is 78.9 cm³/mol. The number of benzene rings is 1. The summed E-state index contributed by atoms with van der Waals surface area (Å²) in [5.41, 5.74) is -0.813. The van der Waals surface area contributed by atoms with Gasteiger partial charge in [-0.2, -0.15) is 26.3 Å². The number of piperazine rings is 1. The van der Waals surface area contributed by atoms with E-state index in [1.165, 1.54) is 0 Å². The van der Waals surface area contributed by atoms with Gasteiger partial charge in [-0.3, -0.25) is 4.90 Å². The molecule has 1 aliphatic rings. The highest BCUT2D eigenvalue weighted by molar-refractivity contribution is 6.31. The number of hydrogen-bond donors (Lipinski definition) is 1. The van der Waals surface area contributed by atoms with E-state index in [4.69, 9.17) is 11.6 Å². The second-order valence-corrected chi connectivity index (χ2v) is 6.10. The summed E-state index contributed by atoms with van der Waals surface area (Å²) in [6.45, 7) is 2.04. The molecule has 0 saturated carbocycles. The molecule has 2 rings (SSSR count). The lowest BCUT2D eigenvalue weighted by Gasteiger charge is -2.36. The fourth-order valence-corrected chi connectivity index (χ4v) is 3.05. The van der Waals surface area contributed by atoms with E-state index in [1.807, 2.05) is 0 Å². The Balaban J connectivity index is 2.34. The van der Waals surface area contributed by atoms with Crippen molar-refractivity contribution in [3.63, 3.8) is 0 Å². The minimum Gasteiger partial charge on any atom is -0.314 e. The van der Waals surface area contributed by atoms with Gasteiger partial charge in [-0.1, -0.05) is 11.6 Å². The average Bonchev–Trinajstić information content (AvgIpc) is 2.48. The first kappa shape index (κ1) is 19.3. The third-order valence-corrected chi connectivity index (χ3v) is 4.32. The maximum atomic E-state index is 12.9. The molecule has 1 saturated heterocycles. The first-order valence-electron chi connectivity index (χ1n) is 7.46. The van der Waals surface area contributed by atoms with Gasteiger partial charge in [0.25, 0.3) is 0 Å². The molecule has 1 aromatic rings. The molecule has 1 atom stereocenters. The van der Waals surface area contributed by atoms with Crippen molar-refractivity contribution in [3.05, 3.63) is 34.3 Å². The van der Waals surface area contributed by atoms with Crippen LogP contribution in [0.25, 0.3) is 0 Å². The lowest BCUT2D eigenvalue weighted by Crippen LogP contribution is -2.45. The third kappa shape index (κ3) is 5.26. The molecule has 1 aliphatic heterocycles. The van der Waals surface area contributed by atoms with Gasteiger partial charge < -0.3 is 5.32 Å². The van der Waals surface area contributed by atoms with Crippen LogP contribution in [0.5, 0.6) is 0 Å². The van der Waals surface area contributed by atoms with Crippen molar-refractivity contribution >= 4 is 11.6 Å². The number of hydrogen-bond acceptors (Lipinski definition) is 2. The van der Waals surface area contributed by atoms with Gasteiger partial charge in [-0.25, -0.2) is 0 Å². The minimum absolute atomic E-state index is 0.0497. The van der Waals surface area contributed by atoms with Crippen molar-refractivity contribution in [1.82, 2.24) is 10.2 Å². The van der Waals surface area contributed by atoms with Gasteiger partial charge in [-0.05, 0) is 30.2 Å². The van der Waals surface area contributed by atoms with Crippen LogP contribution >= 0.6 is 11.6 Å². The van der Waals surface area contributed by atoms with Crippen LogP contribution in [-0.2, 0) is 6.18 Å². The van der Waals surface area contributed by atoms with Crippen LogP contribution in [0.3, 0.4) is 0 Å². The maximum absolute atomic E-state index is 12.9. The van der Waals surface area contributed by atoms with Crippen molar-refractivity contribution in [2.24, 2.45) is 0 Å². The molecule has 24 heavy (non-hydrogen) atoms. The molecule has 1 fully saturated rings. The van der Waals surface area contributed by atoms with Crippen molar-refractivity contribution < 1.29 is 26.3 Å². The standard InChI is InChI=1S/C15H17ClF6N2/c16-12-2-1-10(15(20,21)22)9-11(12)13(3-4-14(17,18)19)24-7-5-23-6-8-24/h1-2,9,13,23H,3-8H2/t13-/m0/s1. The molecule has 1 aromatic carbocycles. The molecule has 0 bridgehead atoms. The van der Waals surface area contributed by atoms with Gasteiger partial charge >= 0.3 is 12.4 Å². The Morgan fingerprint density at radius 1 is 1.08 bits per heavy atom. The smallest absolute Gasteiger partial charge is 0.314 e. The van der Waals surface area contributed by atoms with Gasteiger partial charge in [-0.15, -0.1) is 0 Å². The monoisotopic (exact) mass is 374 g/mol. The number of nitrogens with zero attached hydrogens (tertiary/aromatic N) is 1. The van der Waals surface area contributed by atoms with Crippen molar-refractivity contribution in [2.75, 3.05) is 26.2 Å². The molecule has 1 N–H and O–H groups in total. The fourth-order valence-electron chi connectivity index (χ4n) is 2.80. The zero-order valence-electron chi connectivity index (χ0n) is 12.6. The van der Waals surface area contributed by atoms with E-state index < -0.39 is 30.4 Å². The zero-order valence-corrected chi connectivity index (χ0v) is 13.4. The molecule has 136 valence electrons. The van der Waals surface area contributed by atoms with E-state index in [0.29, 0.717) is 26.2 Å². The van der Waals surface area contributed by atoms with E-state index in [0.717, 1.165) is 18.2 Å². The van der Waals surface area contributed by atoms with Crippen molar-refractivity contribution in [2.45, 2.75) is 31.2 Å². The quantitative estimate of drug-likeness (QED) is 0.772. The van der Waals surface area contributed by atoms with Crippen LogP contribution in [0.15, 0.2) is 18.2 Å². The van der Waals surface area contributed by atoms with Crippen LogP contribution in [-0.4, -0.2) is 37.3 Å². The number of halogens is 7. The summed E-state index contributed by atoms with van der Waals surface area (Å²) in [6, 6.07) is 2.00. The Bertz CT molecular complexity index is 552. The summed E-state index contributed by atoms with van der Waals surface area (Å²) in [6.07, 6.45) is -10.4. The second kappa shape index (κ2) is 7.49. The summed E-state index contributed by atoms with van der Waals surface area (Å²) in [4.78, 5) is 1.75. The molecule has 0 unspecified atom stereocenters. The number of alkyl halides is 6. The number of nitrogens with one attached hydrogen (secondary N) is 1. The van der Waals surface area contributed by atoms with E-state index in [9.17, 15) is 26.3 Å². The summed E-state index contributed by atoms with van der Waals surface area (Å²) < 4.78 is 76.7. The lowest BCUT2D eigenvalue weighted by molar-refractivity contribution is -0.140. The Labute approximate surface area is 140 Å². The van der Waals surface area contributed by atoms with Crippen LogP contribution < -0.4 is 5.32 Å². The predicted octanol–water partition coefficient (Wildman–Crippen LogP) is 4.65. The second-order valence-electron chi connectivity index (χ2n) is 5.69. The Morgan fingerprint density at radius 2 is 1.71 bits per heavy atom. The normalized spacial score (nSPS) is 18.6. The molecule has 9 heteroatoms. The highest BCUT2D eigenvalue weighted by Gasteiger charge is 2.35. The summed E-state index contributed by atoms with van der Waals surface area (Å²) in [7, 11) is 0. The Hall–Kier alpha value is -0.990. The van der Waals surface area contributed by atoms with Gasteiger partial charge in [0.15, 0.2) is 0 Å². The molecular formula is C15H17ClF6N2. The molecule has 0 spiro atoms. The van der Waals surface area contributed by atoms with Crippen molar-refractivity contribution in [3.8, 4) is 0 Å². The van der Waals surface area contributed by atoms with E-state index in [1.54, 1.807) is 4.90 Å². The van der Waals surface area contributed by atoms with Gasteiger partial charge in [0.1, 0.15) is 0 Å². The molecule has 0 aliphatic carbocycles. The first-order chi connectivity index (χ1) is 11.1. The Morgan fingerprint density at radius 3 is 2.25 bits per heavy atom. The molecule has 0 amide bonds. The van der Waals surface area contributed by atoms with E-state index >= 15 is 0 Å². The minimum atomic E-state index is -4.57. The first-order valence-corrected chi connectivity index (χ1v) is 7.84. The molecule has 0 radical (unpaired) electrons. The number of rotatable bonds is 4. The maximum Gasteiger partial charge on any atom is 0.416 e. The fraction of sp³-hybridized carbons (Fsp3) is 0.600. The summed E-state index contributed by atoms with van der Waals surface area (Å²) >= 11 is 6.02. The largest absolute Gasteiger partial charge is 0.416 e. The van der Waals surface area contributed by atoms with Crippen molar-refractivity contribution in [1.29, 1.82) is 0 Å². The van der Waals surface area contributed by atoms with Gasteiger partial charge in [0.05, 0.1) is 5.56 Å². The zero-order chi connectivity index (χ0) is 18.0. The summed E-state index contributed by atoms with van der Waals surface area (Å²) in [5, 5.41) is 3.12. The highest BCUT2D eigenvalue weighted by Crippen LogP contribution is 2.38. The van der Waals surface area contributed by atoms with Gasteiger partial charge in [0.2, 0.25) is 0 Å². The van der Waals surface area contributed by atoms with Crippen LogP contribution in [0, 0.1) is 0 Å². The summed E-state index contributed by atoms with van der Waals surface area (Å²) in [5.74, 6) is 0. The van der Waals surface area contributed by atoms with Crippen LogP contribution in [0.4, 0.5) is 26.3 Å². The molecule has 2 nitrogen and oxygen atoms in total. The third-order valence-electron chi connectivity index (χ3n) is 3.98. The average molecular weight is 375 g/mol. The van der Waals surface area contributed by atoms with Gasteiger partial charge in [0, 0.05) is 43.7 Å². The SMILES string of the molecule is FC(F)(F)CC[C@@H](c1cc(C(F)(F)F)ccc1Cl)N1CCNCC1. The topological polar surface area (TPSA) is 15.3 Å².